The molecule has 1 unspecified atom stereocenters. The van der Waals surface area contributed by atoms with E-state index in [1.54, 1.807) is 31.2 Å². The first-order valence-corrected chi connectivity index (χ1v) is 10.7. The summed E-state index contributed by atoms with van der Waals surface area (Å²) >= 11 is 0. The highest BCUT2D eigenvalue weighted by molar-refractivity contribution is 6.70. The third-order valence-electron chi connectivity index (χ3n) is 2.92. The molecule has 0 amide bonds. The first-order chi connectivity index (χ1) is 10.2. The van der Waals surface area contributed by atoms with Crippen LogP contribution in [0.25, 0.3) is 0 Å². The van der Waals surface area contributed by atoms with Crippen LogP contribution in [0.4, 0.5) is 0 Å². The third kappa shape index (κ3) is 5.15. The highest BCUT2D eigenvalue weighted by Crippen LogP contribution is 2.28. The van der Waals surface area contributed by atoms with Crippen molar-refractivity contribution in [3.8, 4) is 0 Å². The summed E-state index contributed by atoms with van der Waals surface area (Å²) in [6.07, 6.45) is 0. The normalized spacial score (nSPS) is 12.4. The summed E-state index contributed by atoms with van der Waals surface area (Å²) in [5.74, 6) is -0.448. The van der Waals surface area contributed by atoms with Crippen molar-refractivity contribution >= 4 is 20.1 Å². The van der Waals surface area contributed by atoms with Gasteiger partial charge >= 0.3 is 5.97 Å². The van der Waals surface area contributed by atoms with Gasteiger partial charge in [-0.3, -0.25) is 4.79 Å². The summed E-state index contributed by atoms with van der Waals surface area (Å²) in [6, 6.07) is 6.81. The average Bonchev–Trinajstić information content (AvgIpc) is 2.37. The minimum Gasteiger partial charge on any atom is -0.547 e. The minimum atomic E-state index is -1.83. The second-order valence-corrected chi connectivity index (χ2v) is 10.5. The third-order valence-corrected chi connectivity index (χ3v) is 3.80. The fourth-order valence-corrected chi connectivity index (χ4v) is 3.03. The maximum atomic E-state index is 12.0. The molecule has 0 saturated carbocycles. The molecule has 0 spiro atoms. The molecule has 1 atom stereocenters. The quantitative estimate of drug-likeness (QED) is 0.434. The van der Waals surface area contributed by atoms with E-state index in [1.807, 2.05) is 19.6 Å². The molecule has 0 saturated heterocycles. The van der Waals surface area contributed by atoms with Crippen molar-refractivity contribution in [1.29, 1.82) is 0 Å². The highest BCUT2D eigenvalue weighted by atomic mass is 28.4. The van der Waals surface area contributed by atoms with E-state index in [1.165, 1.54) is 6.92 Å². The van der Waals surface area contributed by atoms with Gasteiger partial charge in [-0.05, 0) is 51.2 Å². The number of hydrogen-bond donors (Lipinski definition) is 0. The second-order valence-electron chi connectivity index (χ2n) is 6.07. The monoisotopic (exact) mass is 320 g/mol. The van der Waals surface area contributed by atoms with Crippen molar-refractivity contribution in [3.63, 3.8) is 0 Å². The van der Waals surface area contributed by atoms with Crippen LogP contribution in [0.15, 0.2) is 36.6 Å². The molecule has 0 bridgehead atoms. The molecule has 0 fully saturated rings. The molecular formula is C17H24O4Si. The van der Waals surface area contributed by atoms with Crippen molar-refractivity contribution in [1.82, 2.24) is 0 Å². The fraction of sp³-hybridized carbons (Fsp3) is 0.412. The lowest BCUT2D eigenvalue weighted by molar-refractivity contribution is -0.118. The molecule has 0 aliphatic heterocycles. The first-order valence-electron chi connectivity index (χ1n) is 7.31. The number of allylic oxidation sites excluding steroid dienone is 1. The molecular weight excluding hydrogens is 296 g/mol. The maximum Gasteiger partial charge on any atom is 0.338 e. The van der Waals surface area contributed by atoms with Gasteiger partial charge in [0.15, 0.2) is 0 Å². The molecule has 5 heteroatoms. The van der Waals surface area contributed by atoms with Gasteiger partial charge in [-0.15, -0.1) is 0 Å². The van der Waals surface area contributed by atoms with E-state index in [0.717, 1.165) is 5.56 Å². The van der Waals surface area contributed by atoms with Crippen LogP contribution in [-0.2, 0) is 14.0 Å². The van der Waals surface area contributed by atoms with Crippen molar-refractivity contribution in [3.05, 3.63) is 47.7 Å². The van der Waals surface area contributed by atoms with Gasteiger partial charge in [0, 0.05) is 0 Å². The Morgan fingerprint density at radius 2 is 1.73 bits per heavy atom. The van der Waals surface area contributed by atoms with Gasteiger partial charge in [0.25, 0.3) is 0 Å². The summed E-state index contributed by atoms with van der Waals surface area (Å²) in [6.45, 7) is 13.7. The number of ketones is 1. The highest BCUT2D eigenvalue weighted by Gasteiger charge is 2.26. The van der Waals surface area contributed by atoms with Crippen molar-refractivity contribution in [2.75, 3.05) is 6.61 Å². The lowest BCUT2D eigenvalue weighted by Crippen LogP contribution is -2.28. The minimum absolute atomic E-state index is 0.0351. The van der Waals surface area contributed by atoms with Gasteiger partial charge in [0.05, 0.1) is 23.8 Å². The van der Waals surface area contributed by atoms with E-state index in [0.29, 0.717) is 17.9 Å². The van der Waals surface area contributed by atoms with Crippen LogP contribution < -0.4 is 0 Å². The van der Waals surface area contributed by atoms with Gasteiger partial charge in [-0.2, -0.15) is 0 Å². The Balaban J connectivity index is 3.00. The molecule has 120 valence electrons. The molecule has 0 radical (unpaired) electrons. The van der Waals surface area contributed by atoms with Crippen molar-refractivity contribution in [2.24, 2.45) is 0 Å². The number of Topliss-reactive ketones (excluding diaryl/α,β-unsaturated/α-hetero) is 1. The molecule has 22 heavy (non-hydrogen) atoms. The standard InChI is InChI=1S/C17H24O4Si/c1-7-20-17(19)15-10-8-14(9-11-15)16(12(2)18)13(3)21-22(4,5)6/h8-11,16H,3,7H2,1-2,4-6H3. The van der Waals surface area contributed by atoms with Gasteiger partial charge in [-0.25, -0.2) is 4.79 Å². The van der Waals surface area contributed by atoms with Gasteiger partial charge in [0.1, 0.15) is 5.78 Å². The van der Waals surface area contributed by atoms with E-state index in [4.69, 9.17) is 9.16 Å². The van der Waals surface area contributed by atoms with Crippen LogP contribution >= 0.6 is 0 Å². The average molecular weight is 320 g/mol. The Hall–Kier alpha value is -1.88. The van der Waals surface area contributed by atoms with E-state index in [9.17, 15) is 9.59 Å². The smallest absolute Gasteiger partial charge is 0.338 e. The zero-order valence-corrected chi connectivity index (χ0v) is 14.9. The van der Waals surface area contributed by atoms with Gasteiger partial charge in [-0.1, -0.05) is 18.7 Å². The van der Waals surface area contributed by atoms with Crippen molar-refractivity contribution < 1.29 is 18.8 Å². The predicted molar refractivity (Wildman–Crippen MR) is 89.4 cm³/mol. The zero-order valence-electron chi connectivity index (χ0n) is 13.9. The largest absolute Gasteiger partial charge is 0.547 e. The molecule has 0 aliphatic carbocycles. The summed E-state index contributed by atoms with van der Waals surface area (Å²) in [5, 5.41) is 0. The summed E-state index contributed by atoms with van der Waals surface area (Å²) < 4.78 is 10.8. The first kappa shape index (κ1) is 18.2. The Bertz CT molecular complexity index is 555. The van der Waals surface area contributed by atoms with Crippen LogP contribution in [0, 0.1) is 0 Å². The zero-order chi connectivity index (χ0) is 16.9. The Morgan fingerprint density at radius 3 is 2.14 bits per heavy atom. The number of carbonyl (C=O) groups is 2. The number of rotatable bonds is 7. The summed E-state index contributed by atoms with van der Waals surface area (Å²) in [5.41, 5.74) is 1.23. The molecule has 0 N–H and O–H groups in total. The van der Waals surface area contributed by atoms with Gasteiger partial charge < -0.3 is 9.16 Å². The van der Waals surface area contributed by atoms with Crippen LogP contribution in [-0.4, -0.2) is 26.7 Å². The SMILES string of the molecule is C=C(O[Si](C)(C)C)C(C(C)=O)c1ccc(C(=O)OCC)cc1. The Labute approximate surface area is 133 Å². The second kappa shape index (κ2) is 7.40. The molecule has 4 nitrogen and oxygen atoms in total. The van der Waals surface area contributed by atoms with Crippen LogP contribution in [0.5, 0.6) is 0 Å². The number of benzene rings is 1. The number of carbonyl (C=O) groups excluding carboxylic acids is 2. The Kier molecular flexibility index (Phi) is 6.11. The van der Waals surface area contributed by atoms with Crippen LogP contribution in [0.3, 0.4) is 0 Å². The summed E-state index contributed by atoms with van der Waals surface area (Å²) in [7, 11) is -1.83. The van der Waals surface area contributed by atoms with Crippen LogP contribution in [0.2, 0.25) is 19.6 Å². The maximum absolute atomic E-state index is 12.0. The van der Waals surface area contributed by atoms with E-state index < -0.39 is 14.2 Å². The van der Waals surface area contributed by atoms with Gasteiger partial charge in [0.2, 0.25) is 8.32 Å². The topological polar surface area (TPSA) is 52.6 Å². The molecule has 0 aliphatic rings. The van der Waals surface area contributed by atoms with Crippen LogP contribution in [0.1, 0.15) is 35.7 Å². The van der Waals surface area contributed by atoms with Crippen molar-refractivity contribution in [2.45, 2.75) is 39.4 Å². The fourth-order valence-electron chi connectivity index (χ4n) is 2.13. The lowest BCUT2D eigenvalue weighted by atomic mass is 9.93. The van der Waals surface area contributed by atoms with E-state index in [2.05, 4.69) is 6.58 Å². The lowest BCUT2D eigenvalue weighted by Gasteiger charge is -2.26. The predicted octanol–water partition coefficient (Wildman–Crippen LogP) is 3.90. The number of hydrogen-bond acceptors (Lipinski definition) is 4. The van der Waals surface area contributed by atoms with E-state index >= 15 is 0 Å². The molecule has 1 aromatic carbocycles. The molecule has 1 rings (SSSR count). The number of ether oxygens (including phenoxy) is 1. The summed E-state index contributed by atoms with van der Waals surface area (Å²) in [4.78, 5) is 23.6. The Morgan fingerprint density at radius 1 is 1.18 bits per heavy atom. The van der Waals surface area contributed by atoms with E-state index in [-0.39, 0.29) is 11.8 Å². The molecule has 0 heterocycles. The number of esters is 1. The molecule has 1 aromatic rings. The molecule has 0 aromatic heterocycles.